The second kappa shape index (κ2) is 11.7. The minimum absolute atomic E-state index is 0.0621. The van der Waals surface area contributed by atoms with Crippen LogP contribution in [0.15, 0.2) is 42.6 Å². The predicted molar refractivity (Wildman–Crippen MR) is 144 cm³/mol. The number of amides is 2. The summed E-state index contributed by atoms with van der Waals surface area (Å²) in [5.74, 6) is -1.36. The number of halogens is 2. The number of methoxy groups -OCH3 is 1. The zero-order valence-electron chi connectivity index (χ0n) is 22.9. The Labute approximate surface area is 231 Å². The number of piperidine rings is 1. The van der Waals surface area contributed by atoms with Gasteiger partial charge < -0.3 is 19.7 Å². The lowest BCUT2D eigenvalue weighted by molar-refractivity contribution is -0.738. The fourth-order valence-corrected chi connectivity index (χ4v) is 4.61. The number of ether oxygens (including phenoxy) is 2. The molecule has 11 heteroatoms. The highest BCUT2D eigenvalue weighted by molar-refractivity contribution is 5.81. The summed E-state index contributed by atoms with van der Waals surface area (Å²) in [5.41, 5.74) is 1.18. The largest absolute Gasteiger partial charge is 0.494 e. The Morgan fingerprint density at radius 1 is 1.18 bits per heavy atom. The molecule has 0 bridgehead atoms. The molecule has 0 aliphatic carbocycles. The van der Waals surface area contributed by atoms with E-state index < -0.39 is 23.3 Å². The first-order valence-electron chi connectivity index (χ1n) is 12.9. The SMILES string of the molecule is [C-]#[N+]c1ccc(-c2c[n+](CC(=O)N3CCC[C@@H](NC(=O)OC(C)(C)C)C3)[nH]c2-c2ccc(OC)c(F)c2)cc1F. The van der Waals surface area contributed by atoms with Crippen molar-refractivity contribution in [2.75, 3.05) is 20.2 Å². The van der Waals surface area contributed by atoms with Crippen LogP contribution < -0.4 is 14.7 Å². The third-order valence-electron chi connectivity index (χ3n) is 6.43. The molecule has 9 nitrogen and oxygen atoms in total. The van der Waals surface area contributed by atoms with Gasteiger partial charge in [0, 0.05) is 24.7 Å². The molecule has 2 aromatic carbocycles. The van der Waals surface area contributed by atoms with Gasteiger partial charge in [-0.1, -0.05) is 12.1 Å². The van der Waals surface area contributed by atoms with Crippen molar-refractivity contribution in [2.24, 2.45) is 0 Å². The van der Waals surface area contributed by atoms with Gasteiger partial charge in [-0.2, -0.15) is 5.10 Å². The normalized spacial score (nSPS) is 15.3. The highest BCUT2D eigenvalue weighted by Gasteiger charge is 2.29. The summed E-state index contributed by atoms with van der Waals surface area (Å²) in [6.45, 7) is 13.3. The minimum Gasteiger partial charge on any atom is -0.494 e. The van der Waals surface area contributed by atoms with Crippen LogP contribution >= 0.6 is 0 Å². The molecule has 2 N–H and O–H groups in total. The van der Waals surface area contributed by atoms with Gasteiger partial charge in [-0.3, -0.25) is 4.79 Å². The van der Waals surface area contributed by atoms with Crippen molar-refractivity contribution in [1.29, 1.82) is 0 Å². The molecular formula is C29H32F2N5O4+. The molecule has 0 spiro atoms. The Balaban J connectivity index is 1.58. The van der Waals surface area contributed by atoms with Crippen LogP contribution in [0.25, 0.3) is 27.2 Å². The lowest BCUT2D eigenvalue weighted by Gasteiger charge is -2.32. The van der Waals surface area contributed by atoms with E-state index in [1.54, 1.807) is 48.7 Å². The average molecular weight is 553 g/mol. The molecule has 210 valence electrons. The number of H-pyrrole nitrogens is 1. The van der Waals surface area contributed by atoms with Gasteiger partial charge in [-0.15, -0.1) is 4.68 Å². The van der Waals surface area contributed by atoms with Crippen LogP contribution in [0.1, 0.15) is 33.6 Å². The number of nitrogens with zero attached hydrogens (tertiary/aromatic N) is 3. The van der Waals surface area contributed by atoms with E-state index in [1.807, 2.05) is 0 Å². The van der Waals surface area contributed by atoms with E-state index in [9.17, 15) is 18.4 Å². The van der Waals surface area contributed by atoms with Gasteiger partial charge >= 0.3 is 6.09 Å². The Hall–Kier alpha value is -4.46. The first kappa shape index (κ1) is 28.5. The fraction of sp³-hybridized carbons (Fsp3) is 0.379. The molecule has 3 aromatic rings. The second-order valence-corrected chi connectivity index (χ2v) is 10.6. The van der Waals surface area contributed by atoms with Gasteiger partial charge in [0.15, 0.2) is 11.6 Å². The van der Waals surface area contributed by atoms with Crippen LogP contribution in [0.3, 0.4) is 0 Å². The molecular weight excluding hydrogens is 520 g/mol. The number of hydrogen-bond donors (Lipinski definition) is 2. The molecule has 1 atom stereocenters. The average Bonchev–Trinajstić information content (AvgIpc) is 3.31. The number of hydrogen-bond acceptors (Lipinski definition) is 4. The number of rotatable bonds is 6. The van der Waals surface area contributed by atoms with Crippen LogP contribution in [-0.2, 0) is 16.1 Å². The van der Waals surface area contributed by atoms with E-state index in [0.29, 0.717) is 35.5 Å². The van der Waals surface area contributed by atoms with Crippen molar-refractivity contribution in [3.63, 3.8) is 0 Å². The van der Waals surface area contributed by atoms with Crippen LogP contribution in [-0.4, -0.2) is 53.8 Å². The molecule has 1 aliphatic rings. The third-order valence-corrected chi connectivity index (χ3v) is 6.43. The lowest BCUT2D eigenvalue weighted by Crippen LogP contribution is -2.53. The van der Waals surface area contributed by atoms with Crippen molar-refractivity contribution >= 4 is 17.7 Å². The number of carbonyl (C=O) groups excluding carboxylic acids is 2. The van der Waals surface area contributed by atoms with E-state index in [1.165, 1.54) is 31.4 Å². The Bertz CT molecular complexity index is 1460. The van der Waals surface area contributed by atoms with Crippen LogP contribution in [0.2, 0.25) is 0 Å². The zero-order chi connectivity index (χ0) is 29.0. The van der Waals surface area contributed by atoms with Crippen LogP contribution in [0.4, 0.5) is 19.3 Å². The lowest BCUT2D eigenvalue weighted by atomic mass is 10.0. The minimum atomic E-state index is -0.681. The van der Waals surface area contributed by atoms with Gasteiger partial charge in [-0.05, 0) is 63.4 Å². The van der Waals surface area contributed by atoms with Crippen molar-refractivity contribution in [3.05, 3.63) is 65.6 Å². The highest BCUT2D eigenvalue weighted by Crippen LogP contribution is 2.34. The summed E-state index contributed by atoms with van der Waals surface area (Å²) in [6.07, 6.45) is 2.57. The molecule has 4 rings (SSSR count). The van der Waals surface area contributed by atoms with Gasteiger partial charge in [0.05, 0.1) is 19.2 Å². The van der Waals surface area contributed by atoms with Crippen molar-refractivity contribution < 1.29 is 32.5 Å². The standard InChI is InChI=1S/C29H31F2N5O4/c1-29(2,3)40-28(38)33-20-7-6-12-35(15-20)26(37)17-36-16-21(18-8-10-24(32-4)22(30)13-18)27(34-36)19-9-11-25(39-5)23(31)14-19/h8-11,13-14,16,20H,6-7,12,15,17H2,1-3,5H3,(H,33,38)/p+1/t20-/m1/s1. The number of carbonyl (C=O) groups is 2. The molecule has 0 unspecified atom stereocenters. The molecule has 1 aromatic heterocycles. The summed E-state index contributed by atoms with van der Waals surface area (Å²) in [6, 6.07) is 8.42. The number of aromatic nitrogens is 2. The van der Waals surface area contributed by atoms with Gasteiger partial charge in [0.1, 0.15) is 17.1 Å². The highest BCUT2D eigenvalue weighted by atomic mass is 19.1. The number of aromatic amines is 1. The fourth-order valence-electron chi connectivity index (χ4n) is 4.61. The van der Waals surface area contributed by atoms with Gasteiger partial charge in [0.2, 0.25) is 18.4 Å². The maximum absolute atomic E-state index is 14.6. The smallest absolute Gasteiger partial charge is 0.407 e. The molecule has 0 saturated carbocycles. The number of nitrogens with one attached hydrogen (secondary N) is 2. The monoisotopic (exact) mass is 552 g/mol. The quantitative estimate of drug-likeness (QED) is 0.333. The van der Waals surface area contributed by atoms with E-state index in [0.717, 1.165) is 12.8 Å². The van der Waals surface area contributed by atoms with Gasteiger partial charge in [-0.25, -0.2) is 18.4 Å². The Kier molecular flexibility index (Phi) is 8.38. The van der Waals surface area contributed by atoms with E-state index in [-0.39, 0.29) is 29.9 Å². The van der Waals surface area contributed by atoms with Crippen LogP contribution in [0.5, 0.6) is 5.75 Å². The number of likely N-dealkylation sites (tertiary alicyclic amines) is 1. The third kappa shape index (κ3) is 6.75. The van der Waals surface area contributed by atoms with E-state index in [2.05, 4.69) is 15.3 Å². The molecule has 2 heterocycles. The summed E-state index contributed by atoms with van der Waals surface area (Å²) in [7, 11) is 1.37. The Morgan fingerprint density at radius 3 is 2.55 bits per heavy atom. The maximum atomic E-state index is 14.6. The summed E-state index contributed by atoms with van der Waals surface area (Å²) < 4.78 is 41.0. The molecule has 1 aliphatic heterocycles. The molecule has 2 amide bonds. The van der Waals surface area contributed by atoms with E-state index in [4.69, 9.17) is 16.0 Å². The molecule has 1 fully saturated rings. The van der Waals surface area contributed by atoms with E-state index >= 15 is 0 Å². The Morgan fingerprint density at radius 2 is 1.90 bits per heavy atom. The van der Waals surface area contributed by atoms with Gasteiger partial charge in [0.25, 0.3) is 5.91 Å². The number of alkyl carbamates (subject to hydrolysis) is 1. The topological polar surface area (TPSA) is 91.9 Å². The molecule has 1 saturated heterocycles. The summed E-state index contributed by atoms with van der Waals surface area (Å²) in [5, 5.41) is 5.98. The zero-order valence-corrected chi connectivity index (χ0v) is 22.9. The van der Waals surface area contributed by atoms with Crippen molar-refractivity contribution in [2.45, 2.75) is 51.8 Å². The summed E-state index contributed by atoms with van der Waals surface area (Å²) >= 11 is 0. The van der Waals surface area contributed by atoms with Crippen LogP contribution in [0, 0.1) is 18.2 Å². The molecule has 0 radical (unpaired) electrons. The second-order valence-electron chi connectivity index (χ2n) is 10.6. The number of benzene rings is 2. The molecule has 40 heavy (non-hydrogen) atoms. The maximum Gasteiger partial charge on any atom is 0.407 e. The first-order chi connectivity index (χ1) is 19.0. The predicted octanol–water partition coefficient (Wildman–Crippen LogP) is 4.99. The summed E-state index contributed by atoms with van der Waals surface area (Å²) in [4.78, 5) is 30.3. The van der Waals surface area contributed by atoms with Crippen molar-refractivity contribution in [3.8, 4) is 28.1 Å². The first-order valence-corrected chi connectivity index (χ1v) is 12.9. The van der Waals surface area contributed by atoms with Crippen molar-refractivity contribution in [1.82, 2.24) is 15.3 Å².